The fourth-order valence-corrected chi connectivity index (χ4v) is 6.02. The predicted molar refractivity (Wildman–Crippen MR) is 206 cm³/mol. The Balaban J connectivity index is 1.10. The SMILES string of the molecule is O=C(Nc1cccc(C2=NCCCN2)c1)Nc1cc(C(=O)Nc2ccc(C3=NCCCN3)cc2)ccc1C(=O)Nc1ccc(C2=NCCCN2)cc1. The number of hydrogen-bond donors (Lipinski definition) is 7. The van der Waals surface area contributed by atoms with Gasteiger partial charge in [-0.2, -0.15) is 0 Å². The number of carbonyl (C=O) groups is 3. The summed E-state index contributed by atoms with van der Waals surface area (Å²) in [6.07, 6.45) is 2.96. The number of nitrogens with one attached hydrogen (secondary N) is 7. The third-order valence-electron chi connectivity index (χ3n) is 8.69. The van der Waals surface area contributed by atoms with Crippen molar-refractivity contribution in [3.63, 3.8) is 0 Å². The van der Waals surface area contributed by atoms with Crippen molar-refractivity contribution in [3.8, 4) is 0 Å². The maximum Gasteiger partial charge on any atom is 0.323 e. The van der Waals surface area contributed by atoms with Crippen LogP contribution < -0.4 is 37.2 Å². The van der Waals surface area contributed by atoms with Crippen molar-refractivity contribution in [2.45, 2.75) is 19.3 Å². The zero-order valence-electron chi connectivity index (χ0n) is 28.6. The van der Waals surface area contributed by atoms with Gasteiger partial charge in [-0.05, 0) is 98.1 Å². The molecule has 3 aliphatic heterocycles. The molecule has 0 atom stereocenters. The van der Waals surface area contributed by atoms with Crippen LogP contribution in [0.1, 0.15) is 56.7 Å². The van der Waals surface area contributed by atoms with E-state index in [0.29, 0.717) is 17.1 Å². The molecule has 7 rings (SSSR count). The Kier molecular flexibility index (Phi) is 10.5. The highest BCUT2D eigenvalue weighted by molar-refractivity contribution is 6.14. The molecule has 0 saturated heterocycles. The van der Waals surface area contributed by atoms with Crippen LogP contribution in [-0.2, 0) is 0 Å². The third kappa shape index (κ3) is 8.44. The Bertz CT molecular complexity index is 2060. The van der Waals surface area contributed by atoms with Crippen molar-refractivity contribution in [1.29, 1.82) is 0 Å². The van der Waals surface area contributed by atoms with Crippen LogP contribution >= 0.6 is 0 Å². The van der Waals surface area contributed by atoms with Gasteiger partial charge in [0.25, 0.3) is 11.8 Å². The third-order valence-corrected chi connectivity index (χ3v) is 8.69. The molecular formula is C39H40N10O3. The number of aliphatic imine (C=N–C) groups is 3. The van der Waals surface area contributed by atoms with Crippen LogP contribution in [0.15, 0.2) is 106 Å². The molecule has 0 bridgehead atoms. The van der Waals surface area contributed by atoms with E-state index in [1.165, 1.54) is 12.1 Å². The van der Waals surface area contributed by atoms with Crippen LogP contribution in [0.3, 0.4) is 0 Å². The summed E-state index contributed by atoms with van der Waals surface area (Å²) in [6.45, 7) is 4.87. The van der Waals surface area contributed by atoms with Gasteiger partial charge >= 0.3 is 6.03 Å². The standard InChI is InChI=1S/C39H40N10O3/c50-37(46-29-12-7-25(8-13-29)34-40-17-2-18-41-34)28-11-16-32(38(51)47-30-14-9-26(10-15-30)35-42-19-3-20-43-35)33(24-28)49-39(52)48-31-6-1-5-27(23-31)36-44-21-4-22-45-36/h1,5-16,23-24H,2-4,17-22H2,(H,40,41)(H,42,43)(H,44,45)(H,46,50)(H,47,51)(H2,48,49,52). The van der Waals surface area contributed by atoms with E-state index in [0.717, 1.165) is 92.7 Å². The lowest BCUT2D eigenvalue weighted by atomic mass is 10.1. The molecule has 0 aliphatic carbocycles. The number of urea groups is 1. The van der Waals surface area contributed by atoms with E-state index in [4.69, 9.17) is 0 Å². The summed E-state index contributed by atoms with van der Waals surface area (Å²) in [7, 11) is 0. The van der Waals surface area contributed by atoms with Crippen LogP contribution in [0.4, 0.5) is 27.5 Å². The number of carbonyl (C=O) groups excluding carboxylic acids is 3. The maximum absolute atomic E-state index is 13.7. The summed E-state index contributed by atoms with van der Waals surface area (Å²) in [5.74, 6) is 1.58. The summed E-state index contributed by atoms with van der Waals surface area (Å²) >= 11 is 0. The molecule has 0 saturated carbocycles. The Hall–Kier alpha value is -6.50. The van der Waals surface area contributed by atoms with E-state index in [2.05, 4.69) is 52.2 Å². The second-order valence-electron chi connectivity index (χ2n) is 12.5. The first kappa shape index (κ1) is 34.0. The van der Waals surface area contributed by atoms with E-state index < -0.39 is 17.8 Å². The maximum atomic E-state index is 13.7. The highest BCUT2D eigenvalue weighted by Crippen LogP contribution is 2.23. The summed E-state index contributed by atoms with van der Waals surface area (Å²) in [5, 5.41) is 21.3. The second-order valence-corrected chi connectivity index (χ2v) is 12.5. The lowest BCUT2D eigenvalue weighted by Crippen LogP contribution is -2.30. The zero-order valence-corrected chi connectivity index (χ0v) is 28.6. The van der Waals surface area contributed by atoms with Gasteiger partial charge < -0.3 is 37.2 Å². The molecule has 4 aromatic carbocycles. The molecular weight excluding hydrogens is 656 g/mol. The Morgan fingerprint density at radius 2 is 1.04 bits per heavy atom. The minimum absolute atomic E-state index is 0.159. The Labute approximate surface area is 301 Å². The molecule has 52 heavy (non-hydrogen) atoms. The zero-order chi connectivity index (χ0) is 35.7. The van der Waals surface area contributed by atoms with Crippen LogP contribution in [0.2, 0.25) is 0 Å². The van der Waals surface area contributed by atoms with Crippen molar-refractivity contribution >= 4 is 58.1 Å². The quantitative estimate of drug-likeness (QED) is 0.129. The fraction of sp³-hybridized carbons (Fsp3) is 0.231. The van der Waals surface area contributed by atoms with Crippen molar-refractivity contribution in [2.24, 2.45) is 15.0 Å². The highest BCUT2D eigenvalue weighted by atomic mass is 16.2. The van der Waals surface area contributed by atoms with Gasteiger partial charge in [0.15, 0.2) is 0 Å². The molecule has 13 nitrogen and oxygen atoms in total. The lowest BCUT2D eigenvalue weighted by Gasteiger charge is -2.17. The number of anilines is 4. The van der Waals surface area contributed by atoms with Gasteiger partial charge in [0.2, 0.25) is 0 Å². The van der Waals surface area contributed by atoms with Crippen LogP contribution in [0.5, 0.6) is 0 Å². The van der Waals surface area contributed by atoms with E-state index >= 15 is 0 Å². The number of hydrogen-bond acceptors (Lipinski definition) is 9. The average Bonchev–Trinajstić information content (AvgIpc) is 3.19. The summed E-state index contributed by atoms with van der Waals surface area (Å²) in [6, 6.07) is 26.1. The lowest BCUT2D eigenvalue weighted by molar-refractivity contribution is 0.101. The first-order valence-corrected chi connectivity index (χ1v) is 17.5. The number of amidine groups is 3. The minimum atomic E-state index is -0.581. The Morgan fingerprint density at radius 3 is 1.58 bits per heavy atom. The fourth-order valence-electron chi connectivity index (χ4n) is 6.02. The molecule has 0 spiro atoms. The van der Waals surface area contributed by atoms with Crippen molar-refractivity contribution in [2.75, 3.05) is 60.5 Å². The van der Waals surface area contributed by atoms with Crippen molar-refractivity contribution < 1.29 is 14.4 Å². The average molecular weight is 697 g/mol. The minimum Gasteiger partial charge on any atom is -0.370 e. The first-order valence-electron chi connectivity index (χ1n) is 17.5. The molecule has 4 aromatic rings. The molecule has 3 heterocycles. The monoisotopic (exact) mass is 696 g/mol. The van der Waals surface area contributed by atoms with E-state index in [1.54, 1.807) is 24.3 Å². The largest absolute Gasteiger partial charge is 0.370 e. The van der Waals surface area contributed by atoms with Gasteiger partial charge in [-0.3, -0.25) is 24.6 Å². The topological polar surface area (TPSA) is 173 Å². The van der Waals surface area contributed by atoms with E-state index in [9.17, 15) is 14.4 Å². The Morgan fingerprint density at radius 1 is 0.500 bits per heavy atom. The van der Waals surface area contributed by atoms with Gasteiger partial charge in [0.05, 0.1) is 11.3 Å². The number of nitrogens with zero attached hydrogens (tertiary/aromatic N) is 3. The number of benzene rings is 4. The van der Waals surface area contributed by atoms with Crippen LogP contribution in [0, 0.1) is 0 Å². The molecule has 0 radical (unpaired) electrons. The van der Waals surface area contributed by atoms with E-state index in [-0.39, 0.29) is 16.8 Å². The summed E-state index contributed by atoms with van der Waals surface area (Å²) in [4.78, 5) is 54.1. The van der Waals surface area contributed by atoms with E-state index in [1.807, 2.05) is 54.6 Å². The summed E-state index contributed by atoms with van der Waals surface area (Å²) in [5.41, 5.74) is 5.00. The van der Waals surface area contributed by atoms with Gasteiger partial charge in [-0.1, -0.05) is 12.1 Å². The summed E-state index contributed by atoms with van der Waals surface area (Å²) < 4.78 is 0. The number of amides is 4. The molecule has 7 N–H and O–H groups in total. The van der Waals surface area contributed by atoms with Gasteiger partial charge in [0, 0.05) is 78.6 Å². The molecule has 3 aliphatic rings. The second kappa shape index (κ2) is 16.0. The smallest absolute Gasteiger partial charge is 0.323 e. The predicted octanol–water partition coefficient (Wildman–Crippen LogP) is 5.05. The highest BCUT2D eigenvalue weighted by Gasteiger charge is 2.19. The van der Waals surface area contributed by atoms with Crippen molar-refractivity contribution in [3.05, 3.63) is 119 Å². The van der Waals surface area contributed by atoms with Crippen LogP contribution in [0.25, 0.3) is 0 Å². The first-order chi connectivity index (χ1) is 25.5. The van der Waals surface area contributed by atoms with Gasteiger partial charge in [-0.15, -0.1) is 0 Å². The number of rotatable bonds is 9. The molecule has 13 heteroatoms. The molecule has 264 valence electrons. The van der Waals surface area contributed by atoms with Gasteiger partial charge in [-0.25, -0.2) is 4.79 Å². The van der Waals surface area contributed by atoms with Gasteiger partial charge in [0.1, 0.15) is 17.5 Å². The molecule has 0 unspecified atom stereocenters. The molecule has 0 aromatic heterocycles. The normalized spacial score (nSPS) is 15.3. The van der Waals surface area contributed by atoms with Crippen LogP contribution in [-0.4, -0.2) is 74.6 Å². The molecule has 4 amide bonds. The van der Waals surface area contributed by atoms with Crippen molar-refractivity contribution in [1.82, 2.24) is 16.0 Å². The molecule has 0 fully saturated rings.